The number of benzene rings is 1. The molecule has 0 radical (unpaired) electrons. The molecule has 20 heavy (non-hydrogen) atoms. The second kappa shape index (κ2) is 6.00. The largest absolute Gasteiger partial charge is 0.264 e. The van der Waals surface area contributed by atoms with E-state index in [0.717, 1.165) is 36.9 Å². The molecule has 1 aliphatic heterocycles. The topological polar surface area (TPSA) is 37.1 Å². The van der Waals surface area contributed by atoms with Crippen molar-refractivity contribution in [1.82, 2.24) is 4.31 Å². The Kier molecular flexibility index (Phi) is 4.53. The standard InChI is InChI=1S/C16H23NO2S/c1-4-6-8-16-15(7-5-2)17(16)20(18,19)14-11-9-13(3)10-12-14/h8-12,15H,4-7H2,1-3H3/b16-8+. The van der Waals surface area contributed by atoms with E-state index in [2.05, 4.69) is 19.9 Å². The van der Waals surface area contributed by atoms with Crippen molar-refractivity contribution in [3.8, 4) is 0 Å². The van der Waals surface area contributed by atoms with Gasteiger partial charge in [-0.25, -0.2) is 8.42 Å². The van der Waals surface area contributed by atoms with E-state index in [1.807, 2.05) is 19.1 Å². The average molecular weight is 293 g/mol. The van der Waals surface area contributed by atoms with Crippen molar-refractivity contribution in [2.24, 2.45) is 0 Å². The summed E-state index contributed by atoms with van der Waals surface area (Å²) in [5.74, 6) is 0. The predicted molar refractivity (Wildman–Crippen MR) is 81.9 cm³/mol. The number of nitrogens with zero attached hydrogens (tertiary/aromatic N) is 1. The van der Waals surface area contributed by atoms with Crippen LogP contribution in [0, 0.1) is 6.92 Å². The Hall–Kier alpha value is -1.29. The third-order valence-electron chi connectivity index (χ3n) is 3.59. The van der Waals surface area contributed by atoms with Crippen molar-refractivity contribution in [3.63, 3.8) is 0 Å². The molecule has 0 bridgehead atoms. The molecule has 1 aromatic rings. The third-order valence-corrected chi connectivity index (χ3v) is 5.44. The van der Waals surface area contributed by atoms with Crippen molar-refractivity contribution >= 4 is 10.0 Å². The van der Waals surface area contributed by atoms with Crippen molar-refractivity contribution in [2.45, 2.75) is 57.4 Å². The Balaban J connectivity index is 2.27. The molecule has 3 nitrogen and oxygen atoms in total. The maximum atomic E-state index is 12.6. The Morgan fingerprint density at radius 3 is 2.35 bits per heavy atom. The zero-order valence-corrected chi connectivity index (χ0v) is 13.3. The molecule has 0 aromatic heterocycles. The Labute approximate surface area is 122 Å². The fourth-order valence-corrected chi connectivity index (χ4v) is 4.10. The third kappa shape index (κ3) is 2.90. The maximum Gasteiger partial charge on any atom is 0.264 e. The fourth-order valence-electron chi connectivity index (χ4n) is 2.42. The van der Waals surface area contributed by atoms with Crippen LogP contribution in [0.25, 0.3) is 0 Å². The highest BCUT2D eigenvalue weighted by Crippen LogP contribution is 2.42. The van der Waals surface area contributed by atoms with Crippen LogP contribution in [-0.2, 0) is 10.0 Å². The monoisotopic (exact) mass is 293 g/mol. The van der Waals surface area contributed by atoms with E-state index >= 15 is 0 Å². The number of rotatable bonds is 6. The molecule has 0 spiro atoms. The molecule has 1 aromatic carbocycles. The number of hydrogen-bond donors (Lipinski definition) is 0. The minimum absolute atomic E-state index is 0.0813. The second-order valence-corrected chi connectivity index (χ2v) is 7.15. The minimum Gasteiger partial charge on any atom is -0.259 e. The van der Waals surface area contributed by atoms with Crippen molar-refractivity contribution in [3.05, 3.63) is 41.6 Å². The summed E-state index contributed by atoms with van der Waals surface area (Å²) in [6.45, 7) is 6.15. The van der Waals surface area contributed by atoms with Gasteiger partial charge in [-0.05, 0) is 31.9 Å². The summed E-state index contributed by atoms with van der Waals surface area (Å²) in [5, 5.41) is 0. The summed E-state index contributed by atoms with van der Waals surface area (Å²) < 4.78 is 26.9. The maximum absolute atomic E-state index is 12.6. The summed E-state index contributed by atoms with van der Waals surface area (Å²) in [6.07, 6.45) is 5.96. The smallest absolute Gasteiger partial charge is 0.259 e. The Bertz CT molecular complexity index is 587. The first-order valence-electron chi connectivity index (χ1n) is 7.33. The molecule has 2 rings (SSSR count). The molecular weight excluding hydrogens is 270 g/mol. The second-order valence-electron chi connectivity index (χ2n) is 5.34. The van der Waals surface area contributed by atoms with Crippen molar-refractivity contribution in [1.29, 1.82) is 0 Å². The average Bonchev–Trinajstić information content (AvgIpc) is 3.11. The number of aryl methyl sites for hydroxylation is 1. The minimum atomic E-state index is -3.37. The first kappa shape index (κ1) is 15.1. The lowest BCUT2D eigenvalue weighted by Gasteiger charge is -2.07. The zero-order chi connectivity index (χ0) is 14.8. The van der Waals surface area contributed by atoms with E-state index in [4.69, 9.17) is 0 Å². The van der Waals surface area contributed by atoms with Crippen LogP contribution in [0.3, 0.4) is 0 Å². The molecule has 1 aliphatic rings. The molecule has 1 fully saturated rings. The highest BCUT2D eigenvalue weighted by Gasteiger charge is 2.48. The molecule has 1 heterocycles. The molecule has 0 amide bonds. The number of hydrogen-bond acceptors (Lipinski definition) is 2. The summed E-state index contributed by atoms with van der Waals surface area (Å²) >= 11 is 0. The number of sulfonamides is 1. The van der Waals surface area contributed by atoms with Crippen LogP contribution in [0.15, 0.2) is 40.9 Å². The normalized spacial score (nSPS) is 20.4. The molecule has 1 unspecified atom stereocenters. The van der Waals surface area contributed by atoms with Gasteiger partial charge in [-0.3, -0.25) is 4.31 Å². The van der Waals surface area contributed by atoms with Gasteiger partial charge in [0.05, 0.1) is 10.9 Å². The fraction of sp³-hybridized carbons (Fsp3) is 0.500. The molecule has 0 saturated carbocycles. The molecule has 1 atom stereocenters. The highest BCUT2D eigenvalue weighted by molar-refractivity contribution is 7.89. The first-order valence-corrected chi connectivity index (χ1v) is 8.77. The van der Waals surface area contributed by atoms with Crippen LogP contribution in [0.2, 0.25) is 0 Å². The van der Waals surface area contributed by atoms with Crippen LogP contribution in [0.1, 0.15) is 45.1 Å². The van der Waals surface area contributed by atoms with Crippen LogP contribution in [0.5, 0.6) is 0 Å². The Morgan fingerprint density at radius 1 is 1.15 bits per heavy atom. The lowest BCUT2D eigenvalue weighted by atomic mass is 10.2. The van der Waals surface area contributed by atoms with E-state index in [1.165, 1.54) is 0 Å². The van der Waals surface area contributed by atoms with Crippen LogP contribution in [0.4, 0.5) is 0 Å². The van der Waals surface area contributed by atoms with E-state index in [1.54, 1.807) is 16.4 Å². The van der Waals surface area contributed by atoms with Gasteiger partial charge < -0.3 is 0 Å². The van der Waals surface area contributed by atoms with Gasteiger partial charge in [-0.1, -0.05) is 50.5 Å². The van der Waals surface area contributed by atoms with Gasteiger partial charge in [0, 0.05) is 5.70 Å². The number of allylic oxidation sites excluding steroid dienone is 1. The van der Waals surface area contributed by atoms with E-state index in [9.17, 15) is 8.42 Å². The van der Waals surface area contributed by atoms with Gasteiger partial charge in [-0.2, -0.15) is 0 Å². The van der Waals surface area contributed by atoms with Gasteiger partial charge in [0.25, 0.3) is 10.0 Å². The molecule has 4 heteroatoms. The van der Waals surface area contributed by atoms with Gasteiger partial charge in [0.2, 0.25) is 0 Å². The van der Waals surface area contributed by atoms with Crippen molar-refractivity contribution < 1.29 is 8.42 Å². The SMILES string of the molecule is CCC/C=C1\C(CCC)N1S(=O)(=O)c1ccc(C)cc1. The Morgan fingerprint density at radius 2 is 1.80 bits per heavy atom. The molecule has 0 aliphatic carbocycles. The summed E-state index contributed by atoms with van der Waals surface area (Å²) in [4.78, 5) is 0.393. The lowest BCUT2D eigenvalue weighted by molar-refractivity contribution is 0.548. The van der Waals surface area contributed by atoms with Gasteiger partial charge in [0.15, 0.2) is 0 Å². The van der Waals surface area contributed by atoms with Crippen LogP contribution in [-0.4, -0.2) is 18.8 Å². The zero-order valence-electron chi connectivity index (χ0n) is 12.5. The molecule has 110 valence electrons. The molecule has 1 saturated heterocycles. The van der Waals surface area contributed by atoms with E-state index in [0.29, 0.717) is 4.90 Å². The first-order chi connectivity index (χ1) is 9.52. The number of unbranched alkanes of at least 4 members (excludes halogenated alkanes) is 1. The van der Waals surface area contributed by atoms with Gasteiger partial charge in [0.1, 0.15) is 0 Å². The predicted octanol–water partition coefficient (Wildman–Crippen LogP) is 3.85. The lowest BCUT2D eigenvalue weighted by Crippen LogP contribution is -2.14. The summed E-state index contributed by atoms with van der Waals surface area (Å²) in [7, 11) is -3.37. The van der Waals surface area contributed by atoms with Crippen LogP contribution >= 0.6 is 0 Å². The van der Waals surface area contributed by atoms with Crippen molar-refractivity contribution in [2.75, 3.05) is 0 Å². The van der Waals surface area contributed by atoms with E-state index < -0.39 is 10.0 Å². The molecule has 0 N–H and O–H groups in total. The van der Waals surface area contributed by atoms with Crippen LogP contribution < -0.4 is 0 Å². The van der Waals surface area contributed by atoms with E-state index in [-0.39, 0.29) is 6.04 Å². The summed E-state index contributed by atoms with van der Waals surface area (Å²) in [5.41, 5.74) is 2.05. The highest BCUT2D eigenvalue weighted by atomic mass is 32.2. The van der Waals surface area contributed by atoms with Gasteiger partial charge in [-0.15, -0.1) is 0 Å². The van der Waals surface area contributed by atoms with Gasteiger partial charge >= 0.3 is 0 Å². The summed E-state index contributed by atoms with van der Waals surface area (Å²) in [6, 6.07) is 7.17. The quantitative estimate of drug-likeness (QED) is 0.747. The molecular formula is C16H23NO2S.